The van der Waals surface area contributed by atoms with E-state index in [1.807, 2.05) is 35.2 Å². The Kier molecular flexibility index (Phi) is 11.3. The maximum atomic E-state index is 15.2. The lowest BCUT2D eigenvalue weighted by Crippen LogP contribution is -2.68. The zero-order valence-corrected chi connectivity index (χ0v) is 37.5. The van der Waals surface area contributed by atoms with Crippen LogP contribution in [0.15, 0.2) is 42.5 Å². The molecule has 0 spiro atoms. The number of carbonyl (C=O) groups excluding carboxylic acids is 3. The summed E-state index contributed by atoms with van der Waals surface area (Å²) in [4.78, 5) is 57.4. The van der Waals surface area contributed by atoms with Crippen molar-refractivity contribution >= 4 is 29.8 Å². The number of fused-ring (bicyclic) bond motifs is 7. The number of aliphatic carboxylic acids is 1. The molecule has 6 fully saturated rings. The number of methoxy groups -OCH3 is 1. The Morgan fingerprint density at radius 3 is 2.19 bits per heavy atom. The first kappa shape index (κ1) is 43.5. The normalized spacial score (nSPS) is 37.7. The van der Waals surface area contributed by atoms with Gasteiger partial charge >= 0.3 is 11.9 Å². The van der Waals surface area contributed by atoms with E-state index < -0.39 is 22.8 Å². The molecule has 0 unspecified atom stereocenters. The molecule has 0 bridgehead atoms. The highest BCUT2D eigenvalue weighted by atomic mass is 16.5. The van der Waals surface area contributed by atoms with Gasteiger partial charge in [-0.1, -0.05) is 65.0 Å². The minimum Gasteiger partial charge on any atom is -0.496 e. The number of allylic oxidation sites excluding steroid dienone is 1. The number of ether oxygens (including phenoxy) is 2. The van der Waals surface area contributed by atoms with Gasteiger partial charge in [-0.3, -0.25) is 19.2 Å². The van der Waals surface area contributed by atoms with Gasteiger partial charge in [-0.05, 0) is 143 Å². The van der Waals surface area contributed by atoms with Crippen LogP contribution in [0.5, 0.6) is 5.75 Å². The number of carboxylic acid groups (broad SMARTS) is 1. The van der Waals surface area contributed by atoms with E-state index >= 15 is 4.79 Å². The van der Waals surface area contributed by atoms with Crippen LogP contribution in [0.1, 0.15) is 132 Å². The van der Waals surface area contributed by atoms with E-state index in [2.05, 4.69) is 53.0 Å². The van der Waals surface area contributed by atoms with Crippen LogP contribution in [0, 0.1) is 62.1 Å². The number of carboxylic acids is 1. The molecule has 2 amide bonds. The van der Waals surface area contributed by atoms with E-state index in [-0.39, 0.29) is 46.0 Å². The largest absolute Gasteiger partial charge is 0.496 e. The lowest BCUT2D eigenvalue weighted by molar-refractivity contribution is -0.250. The summed E-state index contributed by atoms with van der Waals surface area (Å²) in [7, 11) is 1.63. The van der Waals surface area contributed by atoms with Crippen molar-refractivity contribution in [3.63, 3.8) is 0 Å². The van der Waals surface area contributed by atoms with Crippen molar-refractivity contribution in [1.29, 1.82) is 0 Å². The van der Waals surface area contributed by atoms with Gasteiger partial charge in [-0.15, -0.1) is 0 Å². The third-order valence-corrected chi connectivity index (χ3v) is 18.3. The minimum atomic E-state index is -1.17. The fraction of sp³-hybridized carbons (Fsp3) is 0.720. The minimum absolute atomic E-state index is 0.0400. The average molecular weight is 813 g/mol. The van der Waals surface area contributed by atoms with Crippen LogP contribution in [0.25, 0.3) is 6.08 Å². The molecule has 1 aromatic carbocycles. The summed E-state index contributed by atoms with van der Waals surface area (Å²) in [5, 5.41) is 9.65. The lowest BCUT2D eigenvalue weighted by atomic mass is 9.32. The summed E-state index contributed by atoms with van der Waals surface area (Å²) in [5.41, 5.74) is 0.545. The molecule has 1 aliphatic heterocycles. The number of hydrogen-bond donors (Lipinski definition) is 1. The van der Waals surface area contributed by atoms with Gasteiger partial charge in [0, 0.05) is 43.2 Å². The molecule has 0 radical (unpaired) electrons. The van der Waals surface area contributed by atoms with E-state index in [0.717, 1.165) is 75.5 Å². The molecule has 6 aliphatic rings. The number of carbonyl (C=O) groups is 4. The maximum Gasteiger partial charge on any atom is 0.309 e. The van der Waals surface area contributed by atoms with Crippen molar-refractivity contribution in [3.05, 3.63) is 48.1 Å². The molecule has 1 aromatic rings. The third kappa shape index (κ3) is 6.96. The summed E-state index contributed by atoms with van der Waals surface area (Å²) in [6.07, 6.45) is 13.2. The number of esters is 1. The molecule has 5 saturated carbocycles. The number of benzene rings is 1. The molecule has 1 heterocycles. The SMILES string of the molecule is C=C(C)[C@@H]1CC[C@]2(C(=O)N3CCN(C(=O)/C=C/c4ccccc4OC)CC3)CC[C@]3(C)[C@H](CC[C@@H]4[C@@]5(C)CC[C@H](OC(=O)CC(C)(C)C(=O)O)C(C)(C)[C@@H]5CC[C@]43C)[C@@H]12. The van der Waals surface area contributed by atoms with Gasteiger partial charge in [0.05, 0.1) is 24.4 Å². The van der Waals surface area contributed by atoms with Crippen LogP contribution < -0.4 is 4.74 Å². The van der Waals surface area contributed by atoms with Gasteiger partial charge in [0.1, 0.15) is 11.9 Å². The zero-order valence-electron chi connectivity index (χ0n) is 37.5. The Bertz CT molecular complexity index is 1880. The molecular weight excluding hydrogens is 741 g/mol. The number of para-hydroxylation sites is 1. The van der Waals surface area contributed by atoms with Crippen molar-refractivity contribution < 1.29 is 33.8 Å². The van der Waals surface area contributed by atoms with Crippen LogP contribution >= 0.6 is 0 Å². The maximum absolute atomic E-state index is 15.2. The van der Waals surface area contributed by atoms with Crippen molar-refractivity contribution in [2.75, 3.05) is 33.3 Å². The summed E-state index contributed by atoms with van der Waals surface area (Å²) in [6.45, 7) is 24.4. The van der Waals surface area contributed by atoms with Crippen LogP contribution in [0.2, 0.25) is 0 Å². The van der Waals surface area contributed by atoms with E-state index in [1.165, 1.54) is 5.57 Å². The number of piperazine rings is 1. The number of amides is 2. The van der Waals surface area contributed by atoms with Crippen molar-refractivity contribution in [2.45, 2.75) is 132 Å². The van der Waals surface area contributed by atoms with Crippen molar-refractivity contribution in [2.24, 2.45) is 62.1 Å². The van der Waals surface area contributed by atoms with Gasteiger partial charge in [0.25, 0.3) is 0 Å². The first-order valence-electron chi connectivity index (χ1n) is 22.6. The fourth-order valence-electron chi connectivity index (χ4n) is 14.9. The standard InChI is InChI=1S/C50H72N2O7/c1-32(2)34-19-24-50(43(55)52-29-27-51(28-30-52)40(53)18-15-33-13-11-12-14-36(33)58-10)26-25-48(8)35(42(34)50)16-17-38-47(7)22-21-39(59-41(54)31-45(3,4)44(56)57)46(5,6)37(47)20-23-49(38,48)9/h11-15,18,34-35,37-39,42H,1,16-17,19-31H2,2-10H3,(H,56,57)/b18-15+/t34-,35+,37-,38+,39-,42+,47-,48+,49+,50-/m0/s1. The van der Waals surface area contributed by atoms with Gasteiger partial charge in [-0.25, -0.2) is 0 Å². The van der Waals surface area contributed by atoms with E-state index in [4.69, 9.17) is 9.47 Å². The molecule has 1 N–H and O–H groups in total. The Morgan fingerprint density at radius 2 is 1.53 bits per heavy atom. The second-order valence-electron chi connectivity index (χ2n) is 21.7. The molecule has 7 rings (SSSR count). The van der Waals surface area contributed by atoms with Gasteiger partial charge < -0.3 is 24.4 Å². The fourth-order valence-corrected chi connectivity index (χ4v) is 14.9. The van der Waals surface area contributed by atoms with Crippen LogP contribution in [-0.2, 0) is 23.9 Å². The Labute approximate surface area is 353 Å². The smallest absolute Gasteiger partial charge is 0.309 e. The first-order valence-corrected chi connectivity index (χ1v) is 22.6. The highest BCUT2D eigenvalue weighted by molar-refractivity contribution is 5.92. The highest BCUT2D eigenvalue weighted by Crippen LogP contribution is 2.77. The van der Waals surface area contributed by atoms with Crippen LogP contribution in [-0.4, -0.2) is 78.1 Å². The molecule has 9 heteroatoms. The second kappa shape index (κ2) is 15.4. The topological polar surface area (TPSA) is 113 Å². The molecule has 1 saturated heterocycles. The Morgan fingerprint density at radius 1 is 0.847 bits per heavy atom. The number of hydrogen-bond acceptors (Lipinski definition) is 6. The predicted molar refractivity (Wildman–Crippen MR) is 230 cm³/mol. The van der Waals surface area contributed by atoms with E-state index in [9.17, 15) is 19.5 Å². The number of nitrogens with zero attached hydrogens (tertiary/aromatic N) is 2. The second-order valence-corrected chi connectivity index (χ2v) is 21.7. The third-order valence-electron chi connectivity index (χ3n) is 18.3. The lowest BCUT2D eigenvalue weighted by Gasteiger charge is -2.73. The molecule has 59 heavy (non-hydrogen) atoms. The van der Waals surface area contributed by atoms with Crippen LogP contribution in [0.3, 0.4) is 0 Å². The highest BCUT2D eigenvalue weighted by Gasteiger charge is 2.72. The van der Waals surface area contributed by atoms with Crippen molar-refractivity contribution in [3.8, 4) is 5.75 Å². The van der Waals surface area contributed by atoms with Crippen molar-refractivity contribution in [1.82, 2.24) is 9.80 Å². The number of rotatable bonds is 9. The van der Waals surface area contributed by atoms with Gasteiger partial charge in [0.2, 0.25) is 11.8 Å². The summed E-state index contributed by atoms with van der Waals surface area (Å²) in [5.74, 6) is 1.52. The van der Waals surface area contributed by atoms with Gasteiger partial charge in [-0.2, -0.15) is 0 Å². The first-order chi connectivity index (χ1) is 27.7. The Balaban J connectivity index is 1.08. The molecule has 10 atom stereocenters. The molecule has 9 nitrogen and oxygen atoms in total. The molecule has 0 aromatic heterocycles. The van der Waals surface area contributed by atoms with Gasteiger partial charge in [0.15, 0.2) is 0 Å². The van der Waals surface area contributed by atoms with E-state index in [1.54, 1.807) is 27.0 Å². The molecule has 324 valence electrons. The zero-order chi connectivity index (χ0) is 42.9. The quantitative estimate of drug-likeness (QED) is 0.150. The summed E-state index contributed by atoms with van der Waals surface area (Å²) < 4.78 is 11.7. The monoisotopic (exact) mass is 813 g/mol. The Hall–Kier alpha value is -3.62. The molecular formula is C50H72N2O7. The molecule has 5 aliphatic carbocycles. The summed E-state index contributed by atoms with van der Waals surface area (Å²) in [6, 6.07) is 7.67. The predicted octanol–water partition coefficient (Wildman–Crippen LogP) is 9.45. The average Bonchev–Trinajstić information content (AvgIpc) is 3.59. The van der Waals surface area contributed by atoms with E-state index in [0.29, 0.717) is 55.8 Å². The van der Waals surface area contributed by atoms with Crippen LogP contribution in [0.4, 0.5) is 0 Å². The summed E-state index contributed by atoms with van der Waals surface area (Å²) >= 11 is 0.